The van der Waals surface area contributed by atoms with Gasteiger partial charge in [-0.15, -0.1) is 0 Å². The average molecular weight is 344 g/mol. The monoisotopic (exact) mass is 343 g/mol. The summed E-state index contributed by atoms with van der Waals surface area (Å²) in [6, 6.07) is 7.30. The van der Waals surface area contributed by atoms with Gasteiger partial charge in [-0.2, -0.15) is 0 Å². The summed E-state index contributed by atoms with van der Waals surface area (Å²) in [5.41, 5.74) is 5.04. The molecule has 0 aromatic heterocycles. The molecule has 1 amide bonds. The van der Waals surface area contributed by atoms with E-state index < -0.39 is 10.0 Å². The molecule has 0 unspecified atom stereocenters. The fourth-order valence-electron chi connectivity index (χ4n) is 2.05. The summed E-state index contributed by atoms with van der Waals surface area (Å²) in [4.78, 5) is 11.6. The molecule has 1 aromatic rings. The van der Waals surface area contributed by atoms with Crippen LogP contribution in [0.2, 0.25) is 0 Å². The molecule has 6 nitrogen and oxygen atoms in total. The van der Waals surface area contributed by atoms with Crippen LogP contribution in [-0.4, -0.2) is 32.1 Å². The van der Waals surface area contributed by atoms with E-state index in [2.05, 4.69) is 10.1 Å². The van der Waals surface area contributed by atoms with Gasteiger partial charge < -0.3 is 0 Å². The zero-order valence-electron chi connectivity index (χ0n) is 12.4. The predicted octanol–water partition coefficient (Wildman–Crippen LogP) is 1.40. The first-order valence-electron chi connectivity index (χ1n) is 6.81. The number of hydrogen-bond acceptors (Lipinski definition) is 4. The fourth-order valence-corrected chi connectivity index (χ4v) is 2.86. The number of nitrogens with zero attached hydrogens (tertiary/aromatic N) is 1. The van der Waals surface area contributed by atoms with Crippen LogP contribution in [0.5, 0.6) is 0 Å². The van der Waals surface area contributed by atoms with Crippen LogP contribution >= 0.6 is 11.6 Å². The number of carbonyl (C=O) groups excluding carboxylic acids is 1. The SMILES string of the molecule is CCS(=O)(=O)NCc1ccc(C2=C(Cl)N(C)NC(=O)C2)cc1. The Morgan fingerprint density at radius 2 is 1.95 bits per heavy atom. The lowest BCUT2D eigenvalue weighted by atomic mass is 10.0. The van der Waals surface area contributed by atoms with Crippen molar-refractivity contribution in [3.05, 3.63) is 40.5 Å². The van der Waals surface area contributed by atoms with E-state index in [0.717, 1.165) is 16.7 Å². The number of carbonyl (C=O) groups is 1. The Hall–Kier alpha value is -1.57. The molecule has 1 heterocycles. The third-order valence-corrected chi connectivity index (χ3v) is 5.18. The summed E-state index contributed by atoms with van der Waals surface area (Å²) < 4.78 is 25.3. The van der Waals surface area contributed by atoms with Gasteiger partial charge in [0.15, 0.2) is 0 Å². The van der Waals surface area contributed by atoms with Gasteiger partial charge in [0.05, 0.1) is 12.2 Å². The van der Waals surface area contributed by atoms with Gasteiger partial charge in [-0.1, -0.05) is 35.9 Å². The number of hydrogen-bond donors (Lipinski definition) is 2. The van der Waals surface area contributed by atoms with Crippen molar-refractivity contribution in [3.8, 4) is 0 Å². The highest BCUT2D eigenvalue weighted by atomic mass is 35.5. The Bertz CT molecular complexity index is 699. The maximum atomic E-state index is 11.6. The van der Waals surface area contributed by atoms with Gasteiger partial charge in [-0.3, -0.25) is 15.2 Å². The van der Waals surface area contributed by atoms with Crippen LogP contribution in [0.15, 0.2) is 29.4 Å². The zero-order chi connectivity index (χ0) is 16.3. The van der Waals surface area contributed by atoms with Gasteiger partial charge in [0, 0.05) is 19.2 Å². The summed E-state index contributed by atoms with van der Waals surface area (Å²) in [6.45, 7) is 1.83. The molecule has 0 bridgehead atoms. The Labute approximate surface area is 135 Å². The van der Waals surface area contributed by atoms with Gasteiger partial charge in [-0.05, 0) is 18.1 Å². The predicted molar refractivity (Wildman–Crippen MR) is 86.0 cm³/mol. The minimum Gasteiger partial charge on any atom is -0.277 e. The van der Waals surface area contributed by atoms with Gasteiger partial charge in [0.2, 0.25) is 15.9 Å². The molecule has 120 valence electrons. The van der Waals surface area contributed by atoms with Crippen molar-refractivity contribution < 1.29 is 13.2 Å². The lowest BCUT2D eigenvalue weighted by Gasteiger charge is -2.27. The van der Waals surface area contributed by atoms with Crippen LogP contribution in [0.3, 0.4) is 0 Å². The Kier molecular flexibility index (Phi) is 5.10. The smallest absolute Gasteiger partial charge is 0.243 e. The van der Waals surface area contributed by atoms with E-state index in [9.17, 15) is 13.2 Å². The molecule has 0 saturated heterocycles. The van der Waals surface area contributed by atoms with Crippen LogP contribution < -0.4 is 10.1 Å². The molecule has 0 fully saturated rings. The molecule has 1 aromatic carbocycles. The van der Waals surface area contributed by atoms with Crippen molar-refractivity contribution >= 4 is 33.1 Å². The number of amides is 1. The summed E-state index contributed by atoms with van der Waals surface area (Å²) in [5, 5.41) is 1.95. The number of nitrogens with one attached hydrogen (secondary N) is 2. The molecular formula is C14H18ClN3O3S. The quantitative estimate of drug-likeness (QED) is 0.792. The third-order valence-electron chi connectivity index (χ3n) is 3.35. The van der Waals surface area contributed by atoms with E-state index in [1.165, 1.54) is 5.01 Å². The van der Waals surface area contributed by atoms with Crippen LogP contribution in [0.4, 0.5) is 0 Å². The van der Waals surface area contributed by atoms with E-state index in [0.29, 0.717) is 5.16 Å². The molecule has 1 aliphatic heterocycles. The second-order valence-electron chi connectivity index (χ2n) is 4.96. The van der Waals surface area contributed by atoms with E-state index in [-0.39, 0.29) is 24.6 Å². The number of benzene rings is 1. The zero-order valence-corrected chi connectivity index (χ0v) is 14.0. The summed E-state index contributed by atoms with van der Waals surface area (Å²) in [6.07, 6.45) is 0.213. The Morgan fingerprint density at radius 3 is 2.55 bits per heavy atom. The van der Waals surface area contributed by atoms with Crippen molar-refractivity contribution in [3.63, 3.8) is 0 Å². The van der Waals surface area contributed by atoms with Crippen LogP contribution in [0, 0.1) is 0 Å². The first-order chi connectivity index (χ1) is 10.3. The standard InChI is InChI=1S/C14H18ClN3O3S/c1-3-22(20,21)16-9-10-4-6-11(7-5-10)12-8-13(19)17-18(2)14(12)15/h4-7,16H,3,8-9H2,1-2H3,(H,17,19). The minimum atomic E-state index is -3.21. The lowest BCUT2D eigenvalue weighted by Crippen LogP contribution is -2.41. The maximum absolute atomic E-state index is 11.6. The second kappa shape index (κ2) is 6.68. The Balaban J connectivity index is 2.15. The van der Waals surface area contributed by atoms with Crippen molar-refractivity contribution in [1.82, 2.24) is 15.2 Å². The first-order valence-corrected chi connectivity index (χ1v) is 8.84. The second-order valence-corrected chi connectivity index (χ2v) is 7.42. The van der Waals surface area contributed by atoms with Crippen molar-refractivity contribution in [2.24, 2.45) is 0 Å². The molecule has 0 radical (unpaired) electrons. The molecule has 0 atom stereocenters. The minimum absolute atomic E-state index is 0.0506. The largest absolute Gasteiger partial charge is 0.277 e. The van der Waals surface area contributed by atoms with Gasteiger partial charge in [0.25, 0.3) is 0 Å². The van der Waals surface area contributed by atoms with Crippen LogP contribution in [0.1, 0.15) is 24.5 Å². The average Bonchev–Trinajstić information content (AvgIpc) is 2.49. The summed E-state index contributed by atoms with van der Waals surface area (Å²) >= 11 is 6.21. The van der Waals surface area contributed by atoms with Crippen LogP contribution in [0.25, 0.3) is 5.57 Å². The highest BCUT2D eigenvalue weighted by molar-refractivity contribution is 7.89. The number of hydrazine groups is 1. The van der Waals surface area contributed by atoms with Gasteiger partial charge in [-0.25, -0.2) is 13.1 Å². The lowest BCUT2D eigenvalue weighted by molar-refractivity contribution is -0.124. The molecule has 22 heavy (non-hydrogen) atoms. The van der Waals surface area contributed by atoms with Crippen molar-refractivity contribution in [2.75, 3.05) is 12.8 Å². The molecule has 2 N–H and O–H groups in total. The van der Waals surface area contributed by atoms with Gasteiger partial charge >= 0.3 is 0 Å². The summed E-state index contributed by atoms with van der Waals surface area (Å²) in [5.74, 6) is -0.0728. The molecule has 8 heteroatoms. The topological polar surface area (TPSA) is 78.5 Å². The summed E-state index contributed by atoms with van der Waals surface area (Å²) in [7, 11) is -1.54. The van der Waals surface area contributed by atoms with E-state index in [4.69, 9.17) is 11.6 Å². The normalized spacial score (nSPS) is 16.0. The van der Waals surface area contributed by atoms with Gasteiger partial charge in [0.1, 0.15) is 5.16 Å². The Morgan fingerprint density at radius 1 is 1.32 bits per heavy atom. The number of halogens is 1. The molecule has 1 aliphatic rings. The van der Waals surface area contributed by atoms with Crippen molar-refractivity contribution in [1.29, 1.82) is 0 Å². The van der Waals surface area contributed by atoms with Crippen LogP contribution in [-0.2, 0) is 21.4 Å². The molecule has 0 saturated carbocycles. The molecule has 0 spiro atoms. The third kappa shape index (κ3) is 4.00. The molecule has 0 aliphatic carbocycles. The van der Waals surface area contributed by atoms with E-state index >= 15 is 0 Å². The highest BCUT2D eigenvalue weighted by Crippen LogP contribution is 2.28. The number of rotatable bonds is 5. The fraction of sp³-hybridized carbons (Fsp3) is 0.357. The molecular weight excluding hydrogens is 326 g/mol. The highest BCUT2D eigenvalue weighted by Gasteiger charge is 2.21. The first kappa shape index (κ1) is 16.8. The maximum Gasteiger partial charge on any atom is 0.243 e. The number of sulfonamides is 1. The van der Waals surface area contributed by atoms with E-state index in [1.807, 2.05) is 24.3 Å². The molecule has 2 rings (SSSR count). The van der Waals surface area contributed by atoms with Crippen molar-refractivity contribution in [2.45, 2.75) is 19.9 Å². The van der Waals surface area contributed by atoms with E-state index in [1.54, 1.807) is 14.0 Å².